The lowest BCUT2D eigenvalue weighted by Crippen LogP contribution is -2.24. The minimum atomic E-state index is -0.854. The summed E-state index contributed by atoms with van der Waals surface area (Å²) in [5, 5.41) is 12.0. The van der Waals surface area contributed by atoms with Crippen LogP contribution in [0.2, 0.25) is 0 Å². The predicted molar refractivity (Wildman–Crippen MR) is 69.2 cm³/mol. The molecule has 19 heavy (non-hydrogen) atoms. The van der Waals surface area contributed by atoms with Crippen LogP contribution in [-0.4, -0.2) is 35.1 Å². The van der Waals surface area contributed by atoms with Crippen LogP contribution in [0.4, 0.5) is 0 Å². The molecule has 1 aromatic rings. The molecule has 104 valence electrons. The first-order chi connectivity index (χ1) is 9.16. The van der Waals surface area contributed by atoms with Gasteiger partial charge in [0.25, 0.3) is 5.91 Å². The number of carbonyl (C=O) groups excluding carboxylic acids is 1. The van der Waals surface area contributed by atoms with E-state index in [0.717, 1.165) is 24.5 Å². The highest BCUT2D eigenvalue weighted by molar-refractivity contribution is 7.13. The lowest BCUT2D eigenvalue weighted by atomic mass is 10.2. The number of hydrogen-bond acceptors (Lipinski definition) is 5. The number of nitrogens with one attached hydrogen (secondary N) is 1. The molecule has 1 aliphatic rings. The molecule has 2 heterocycles. The summed E-state index contributed by atoms with van der Waals surface area (Å²) >= 11 is 1.34. The van der Waals surface area contributed by atoms with Crippen LogP contribution in [-0.2, 0) is 9.53 Å². The number of rotatable bonds is 6. The molecule has 1 fully saturated rings. The van der Waals surface area contributed by atoms with Gasteiger partial charge >= 0.3 is 5.97 Å². The molecule has 1 unspecified atom stereocenters. The summed E-state index contributed by atoms with van der Waals surface area (Å²) in [5.41, 5.74) is 0. The number of hydrogen-bond donors (Lipinski definition) is 2. The molecule has 2 N–H and O–H groups in total. The van der Waals surface area contributed by atoms with Gasteiger partial charge in [-0.15, -0.1) is 11.3 Å². The Kier molecular flexibility index (Phi) is 4.86. The number of carboxylic acids is 1. The van der Waals surface area contributed by atoms with Crippen LogP contribution in [0.1, 0.15) is 46.5 Å². The van der Waals surface area contributed by atoms with Gasteiger partial charge in [0.15, 0.2) is 0 Å². The van der Waals surface area contributed by atoms with Gasteiger partial charge in [0, 0.05) is 19.6 Å². The van der Waals surface area contributed by atoms with E-state index in [1.807, 2.05) is 0 Å². The van der Waals surface area contributed by atoms with Gasteiger partial charge < -0.3 is 15.2 Å². The molecule has 0 saturated carbocycles. The third-order valence-electron chi connectivity index (χ3n) is 2.81. The molecule has 6 nitrogen and oxygen atoms in total. The molecule has 0 spiro atoms. The number of carboxylic acid groups (broad SMARTS) is 1. The zero-order chi connectivity index (χ0) is 13.7. The Hall–Kier alpha value is -1.47. The van der Waals surface area contributed by atoms with Crippen molar-refractivity contribution in [3.05, 3.63) is 16.1 Å². The van der Waals surface area contributed by atoms with E-state index in [4.69, 9.17) is 9.84 Å². The van der Waals surface area contributed by atoms with Crippen molar-refractivity contribution < 1.29 is 19.4 Å². The fourth-order valence-electron chi connectivity index (χ4n) is 1.84. The second kappa shape index (κ2) is 6.63. The number of thiazole rings is 1. The minimum absolute atomic E-state index is 0.0264. The first-order valence-corrected chi connectivity index (χ1v) is 7.06. The molecule has 1 saturated heterocycles. The minimum Gasteiger partial charge on any atom is -0.481 e. The van der Waals surface area contributed by atoms with Crippen molar-refractivity contribution in [2.24, 2.45) is 0 Å². The van der Waals surface area contributed by atoms with Gasteiger partial charge in [0.1, 0.15) is 16.0 Å². The number of aliphatic carboxylic acids is 1. The van der Waals surface area contributed by atoms with Gasteiger partial charge in [-0.25, -0.2) is 4.98 Å². The molecule has 0 aliphatic carbocycles. The van der Waals surface area contributed by atoms with Gasteiger partial charge in [0.2, 0.25) is 0 Å². The van der Waals surface area contributed by atoms with Crippen molar-refractivity contribution >= 4 is 23.2 Å². The number of carbonyl (C=O) groups is 2. The van der Waals surface area contributed by atoms with E-state index >= 15 is 0 Å². The van der Waals surface area contributed by atoms with E-state index in [0.29, 0.717) is 17.8 Å². The molecule has 7 heteroatoms. The largest absolute Gasteiger partial charge is 0.481 e. The molecule has 0 aromatic carbocycles. The summed E-state index contributed by atoms with van der Waals surface area (Å²) in [6.45, 7) is 1.11. The lowest BCUT2D eigenvalue weighted by molar-refractivity contribution is -0.137. The zero-order valence-corrected chi connectivity index (χ0v) is 11.2. The maximum absolute atomic E-state index is 11.8. The van der Waals surface area contributed by atoms with Crippen molar-refractivity contribution in [1.29, 1.82) is 0 Å². The van der Waals surface area contributed by atoms with Crippen LogP contribution in [0.15, 0.2) is 6.20 Å². The maximum atomic E-state index is 11.8. The topological polar surface area (TPSA) is 88.5 Å². The third kappa shape index (κ3) is 4.00. The standard InChI is InChI=1S/C12H16N2O4S/c15-10(16)4-1-5-13-11(17)9-7-14-12(19-9)8-3-2-6-18-8/h7-8H,1-6H2,(H,13,17)(H,15,16). The summed E-state index contributed by atoms with van der Waals surface area (Å²) in [7, 11) is 0. The van der Waals surface area contributed by atoms with Gasteiger partial charge in [-0.05, 0) is 19.3 Å². The predicted octanol–water partition coefficient (Wildman–Crippen LogP) is 1.59. The molecule has 1 aromatic heterocycles. The summed E-state index contributed by atoms with van der Waals surface area (Å²) in [6, 6.07) is 0. The fraction of sp³-hybridized carbons (Fsp3) is 0.583. The van der Waals surface area contributed by atoms with Crippen LogP contribution in [0, 0.1) is 0 Å². The number of aromatic nitrogens is 1. The maximum Gasteiger partial charge on any atom is 0.303 e. The van der Waals surface area contributed by atoms with Crippen molar-refractivity contribution in [3.63, 3.8) is 0 Å². The Morgan fingerprint density at radius 1 is 1.58 bits per heavy atom. The molecule has 0 radical (unpaired) electrons. The quantitative estimate of drug-likeness (QED) is 0.774. The summed E-state index contributed by atoms with van der Waals surface area (Å²) < 4.78 is 5.51. The second-order valence-electron chi connectivity index (χ2n) is 4.32. The summed E-state index contributed by atoms with van der Waals surface area (Å²) in [4.78, 5) is 26.9. The Labute approximate surface area is 114 Å². The molecule has 1 amide bonds. The molecule has 2 rings (SSSR count). The highest BCUT2D eigenvalue weighted by atomic mass is 32.1. The molecule has 1 atom stereocenters. The highest BCUT2D eigenvalue weighted by Gasteiger charge is 2.22. The van der Waals surface area contributed by atoms with Crippen LogP contribution < -0.4 is 5.32 Å². The van der Waals surface area contributed by atoms with Gasteiger partial charge in [0.05, 0.1) is 6.20 Å². The van der Waals surface area contributed by atoms with Gasteiger partial charge in [-0.2, -0.15) is 0 Å². The molecular formula is C12H16N2O4S. The van der Waals surface area contributed by atoms with Crippen LogP contribution >= 0.6 is 11.3 Å². The first kappa shape index (κ1) is 14.0. The number of amides is 1. The van der Waals surface area contributed by atoms with Crippen LogP contribution in [0.3, 0.4) is 0 Å². The van der Waals surface area contributed by atoms with E-state index in [-0.39, 0.29) is 18.4 Å². The van der Waals surface area contributed by atoms with Crippen LogP contribution in [0.5, 0.6) is 0 Å². The third-order valence-corrected chi connectivity index (χ3v) is 3.89. The molecule has 1 aliphatic heterocycles. The van der Waals surface area contributed by atoms with Crippen molar-refractivity contribution in [3.8, 4) is 0 Å². The summed E-state index contributed by atoms with van der Waals surface area (Å²) in [5.74, 6) is -1.06. The Balaban J connectivity index is 1.80. The SMILES string of the molecule is O=C(O)CCCNC(=O)c1cnc(C2CCCO2)s1. The Bertz CT molecular complexity index is 454. The molecular weight excluding hydrogens is 268 g/mol. The van der Waals surface area contributed by atoms with E-state index in [9.17, 15) is 9.59 Å². The lowest BCUT2D eigenvalue weighted by Gasteiger charge is -2.03. The van der Waals surface area contributed by atoms with Crippen molar-refractivity contribution in [2.45, 2.75) is 31.8 Å². The zero-order valence-electron chi connectivity index (χ0n) is 10.4. The average Bonchev–Trinajstić information content (AvgIpc) is 3.03. The fourth-order valence-corrected chi connectivity index (χ4v) is 2.76. The smallest absolute Gasteiger partial charge is 0.303 e. The molecule has 0 bridgehead atoms. The van der Waals surface area contributed by atoms with E-state index in [1.165, 1.54) is 11.3 Å². The van der Waals surface area contributed by atoms with Gasteiger partial charge in [-0.1, -0.05) is 0 Å². The second-order valence-corrected chi connectivity index (χ2v) is 5.38. The normalized spacial score (nSPS) is 18.4. The Morgan fingerprint density at radius 3 is 3.11 bits per heavy atom. The van der Waals surface area contributed by atoms with Crippen molar-refractivity contribution in [2.75, 3.05) is 13.2 Å². The highest BCUT2D eigenvalue weighted by Crippen LogP contribution is 2.31. The van der Waals surface area contributed by atoms with Crippen molar-refractivity contribution in [1.82, 2.24) is 10.3 Å². The first-order valence-electron chi connectivity index (χ1n) is 6.24. The van der Waals surface area contributed by atoms with E-state index in [1.54, 1.807) is 6.20 Å². The van der Waals surface area contributed by atoms with Crippen LogP contribution in [0.25, 0.3) is 0 Å². The van der Waals surface area contributed by atoms with E-state index in [2.05, 4.69) is 10.3 Å². The monoisotopic (exact) mass is 284 g/mol. The number of ether oxygens (including phenoxy) is 1. The Morgan fingerprint density at radius 2 is 2.42 bits per heavy atom. The average molecular weight is 284 g/mol. The van der Waals surface area contributed by atoms with Gasteiger partial charge in [-0.3, -0.25) is 9.59 Å². The van der Waals surface area contributed by atoms with E-state index < -0.39 is 5.97 Å². The number of nitrogens with zero attached hydrogens (tertiary/aromatic N) is 1. The summed E-state index contributed by atoms with van der Waals surface area (Å²) in [6.07, 6.45) is 4.05.